The van der Waals surface area contributed by atoms with E-state index in [1.54, 1.807) is 0 Å². The van der Waals surface area contributed by atoms with Crippen molar-refractivity contribution in [2.75, 3.05) is 5.75 Å². The summed E-state index contributed by atoms with van der Waals surface area (Å²) in [5.74, 6) is 0.988. The first kappa shape index (κ1) is 7.02. The fourth-order valence-electron chi connectivity index (χ4n) is 0.301. The zero-order valence-corrected chi connectivity index (χ0v) is 5.37. The van der Waals surface area contributed by atoms with Gasteiger partial charge in [0.2, 0.25) is 0 Å². The molecule has 0 atom stereocenters. The van der Waals surface area contributed by atoms with Gasteiger partial charge >= 0.3 is 0 Å². The third-order valence-corrected chi connectivity index (χ3v) is 1.01. The molecular formula is C5H10OS. The van der Waals surface area contributed by atoms with E-state index in [-0.39, 0.29) is 0 Å². The fourth-order valence-corrected chi connectivity index (χ4v) is 0.551. The molecule has 0 unspecified atom stereocenters. The first-order valence-electron chi connectivity index (χ1n) is 2.43. The summed E-state index contributed by atoms with van der Waals surface area (Å²) in [6, 6.07) is 0. The second-order valence-corrected chi connectivity index (χ2v) is 1.81. The largest absolute Gasteiger partial charge is 0.300 e. The van der Waals surface area contributed by atoms with Crippen molar-refractivity contribution in [2.45, 2.75) is 19.8 Å². The lowest BCUT2D eigenvalue weighted by molar-refractivity contribution is -0.118. The standard InChI is InChI=1S/C5H10OS/c1-2-5(6)3-4-7/h7H,2-4H2,1H3. The summed E-state index contributed by atoms with van der Waals surface area (Å²) < 4.78 is 0. The van der Waals surface area contributed by atoms with Gasteiger partial charge in [-0.05, 0) is 5.75 Å². The molecule has 0 rings (SSSR count). The van der Waals surface area contributed by atoms with E-state index in [0.717, 1.165) is 0 Å². The van der Waals surface area contributed by atoms with Gasteiger partial charge in [0, 0.05) is 12.8 Å². The molecule has 0 saturated heterocycles. The van der Waals surface area contributed by atoms with Gasteiger partial charge in [-0.15, -0.1) is 0 Å². The Balaban J connectivity index is 3.00. The highest BCUT2D eigenvalue weighted by atomic mass is 32.1. The third-order valence-electron chi connectivity index (χ3n) is 0.785. The van der Waals surface area contributed by atoms with Crippen molar-refractivity contribution >= 4 is 18.4 Å². The maximum absolute atomic E-state index is 10.4. The molecule has 2 heteroatoms. The SMILES string of the molecule is CCC(=O)CCS. The molecule has 0 aliphatic rings. The summed E-state index contributed by atoms with van der Waals surface area (Å²) in [7, 11) is 0. The average Bonchev–Trinajstić information content (AvgIpc) is 1.68. The highest BCUT2D eigenvalue weighted by molar-refractivity contribution is 7.80. The molecule has 7 heavy (non-hydrogen) atoms. The topological polar surface area (TPSA) is 17.1 Å². The number of carbonyl (C=O) groups is 1. The van der Waals surface area contributed by atoms with Crippen LogP contribution in [0.2, 0.25) is 0 Å². The van der Waals surface area contributed by atoms with Gasteiger partial charge in [-0.2, -0.15) is 12.6 Å². The second kappa shape index (κ2) is 4.19. The van der Waals surface area contributed by atoms with Gasteiger partial charge in [-0.25, -0.2) is 0 Å². The molecule has 0 aliphatic heterocycles. The van der Waals surface area contributed by atoms with Crippen LogP contribution < -0.4 is 0 Å². The summed E-state index contributed by atoms with van der Waals surface area (Å²) in [4.78, 5) is 10.4. The van der Waals surface area contributed by atoms with E-state index in [0.29, 0.717) is 24.4 Å². The molecule has 0 aliphatic carbocycles. The Labute approximate surface area is 49.5 Å². The maximum atomic E-state index is 10.4. The van der Waals surface area contributed by atoms with Crippen molar-refractivity contribution in [2.24, 2.45) is 0 Å². The number of rotatable bonds is 3. The number of Topliss-reactive ketones (excluding diaryl/α,β-unsaturated/α-hetero) is 1. The summed E-state index contributed by atoms with van der Waals surface area (Å²) in [6.45, 7) is 1.87. The maximum Gasteiger partial charge on any atom is 0.133 e. The molecule has 0 heterocycles. The van der Waals surface area contributed by atoms with Crippen LogP contribution in [0.4, 0.5) is 0 Å². The quantitative estimate of drug-likeness (QED) is 0.552. The zero-order valence-electron chi connectivity index (χ0n) is 4.48. The minimum absolute atomic E-state index is 0.301. The molecule has 0 saturated carbocycles. The Kier molecular flexibility index (Phi) is 4.20. The van der Waals surface area contributed by atoms with Crippen molar-refractivity contribution in [3.63, 3.8) is 0 Å². The molecule has 0 bridgehead atoms. The highest BCUT2D eigenvalue weighted by Gasteiger charge is 1.91. The van der Waals surface area contributed by atoms with E-state index in [4.69, 9.17) is 0 Å². The number of hydrogen-bond acceptors (Lipinski definition) is 2. The predicted octanol–water partition coefficient (Wildman–Crippen LogP) is 1.29. The molecule has 0 fully saturated rings. The van der Waals surface area contributed by atoms with E-state index < -0.39 is 0 Å². The van der Waals surface area contributed by atoms with Crippen molar-refractivity contribution in [3.8, 4) is 0 Å². The van der Waals surface area contributed by atoms with Crippen LogP contribution >= 0.6 is 12.6 Å². The van der Waals surface area contributed by atoms with E-state index in [1.165, 1.54) is 0 Å². The van der Waals surface area contributed by atoms with E-state index in [9.17, 15) is 4.79 Å². The van der Waals surface area contributed by atoms with Crippen LogP contribution in [0.5, 0.6) is 0 Å². The Bertz CT molecular complexity index is 61.1. The van der Waals surface area contributed by atoms with Crippen molar-refractivity contribution in [1.82, 2.24) is 0 Å². The first-order chi connectivity index (χ1) is 3.31. The minimum atomic E-state index is 0.301. The van der Waals surface area contributed by atoms with Gasteiger partial charge in [0.25, 0.3) is 0 Å². The molecule has 0 aromatic rings. The Hall–Kier alpha value is 0.0200. The number of hydrogen-bond donors (Lipinski definition) is 1. The van der Waals surface area contributed by atoms with Crippen LogP contribution in [-0.4, -0.2) is 11.5 Å². The second-order valence-electron chi connectivity index (χ2n) is 1.37. The van der Waals surface area contributed by atoms with Crippen molar-refractivity contribution < 1.29 is 4.79 Å². The zero-order chi connectivity index (χ0) is 5.70. The van der Waals surface area contributed by atoms with Crippen LogP contribution in [0, 0.1) is 0 Å². The third kappa shape index (κ3) is 3.86. The smallest absolute Gasteiger partial charge is 0.133 e. The predicted molar refractivity (Wildman–Crippen MR) is 33.8 cm³/mol. The molecule has 0 amide bonds. The summed E-state index contributed by atoms with van der Waals surface area (Å²) in [5.41, 5.74) is 0. The van der Waals surface area contributed by atoms with Crippen LogP contribution in [0.15, 0.2) is 0 Å². The van der Waals surface area contributed by atoms with Crippen LogP contribution in [-0.2, 0) is 4.79 Å². The molecule has 42 valence electrons. The summed E-state index contributed by atoms with van der Waals surface area (Å²) in [6.07, 6.45) is 1.28. The monoisotopic (exact) mass is 118 g/mol. The minimum Gasteiger partial charge on any atom is -0.300 e. The molecule has 0 spiro atoms. The van der Waals surface area contributed by atoms with Gasteiger partial charge in [0.1, 0.15) is 5.78 Å². The highest BCUT2D eigenvalue weighted by Crippen LogP contribution is 1.88. The number of carbonyl (C=O) groups excluding carboxylic acids is 1. The van der Waals surface area contributed by atoms with Gasteiger partial charge in [-0.1, -0.05) is 6.92 Å². The molecule has 0 aromatic carbocycles. The normalized spacial score (nSPS) is 8.86. The molecule has 0 N–H and O–H groups in total. The lowest BCUT2D eigenvalue weighted by Crippen LogP contribution is -1.93. The molecule has 0 radical (unpaired) electrons. The van der Waals surface area contributed by atoms with Crippen LogP contribution in [0.3, 0.4) is 0 Å². The van der Waals surface area contributed by atoms with Crippen molar-refractivity contribution in [1.29, 1.82) is 0 Å². The summed E-state index contributed by atoms with van der Waals surface area (Å²) >= 11 is 3.89. The fraction of sp³-hybridized carbons (Fsp3) is 0.800. The van der Waals surface area contributed by atoms with Gasteiger partial charge in [0.05, 0.1) is 0 Å². The molecule has 0 aromatic heterocycles. The Morgan fingerprint density at radius 3 is 2.43 bits per heavy atom. The lowest BCUT2D eigenvalue weighted by atomic mass is 10.2. The van der Waals surface area contributed by atoms with E-state index in [2.05, 4.69) is 12.6 Å². The van der Waals surface area contributed by atoms with Crippen LogP contribution in [0.1, 0.15) is 19.8 Å². The lowest BCUT2D eigenvalue weighted by Gasteiger charge is -1.86. The van der Waals surface area contributed by atoms with E-state index in [1.807, 2.05) is 6.92 Å². The Morgan fingerprint density at radius 2 is 2.29 bits per heavy atom. The van der Waals surface area contributed by atoms with Gasteiger partial charge < -0.3 is 0 Å². The first-order valence-corrected chi connectivity index (χ1v) is 3.07. The van der Waals surface area contributed by atoms with Gasteiger partial charge in [0.15, 0.2) is 0 Å². The van der Waals surface area contributed by atoms with Crippen LogP contribution in [0.25, 0.3) is 0 Å². The molecule has 1 nitrogen and oxygen atoms in total. The van der Waals surface area contributed by atoms with E-state index >= 15 is 0 Å². The summed E-state index contributed by atoms with van der Waals surface area (Å²) in [5, 5.41) is 0. The average molecular weight is 118 g/mol. The number of thiol groups is 1. The van der Waals surface area contributed by atoms with Gasteiger partial charge in [-0.3, -0.25) is 4.79 Å². The van der Waals surface area contributed by atoms with Crippen molar-refractivity contribution in [3.05, 3.63) is 0 Å². The number of ketones is 1. The Morgan fingerprint density at radius 1 is 1.71 bits per heavy atom. The molecular weight excluding hydrogens is 108 g/mol.